The molecule has 28 heavy (non-hydrogen) atoms. The van der Waals surface area contributed by atoms with E-state index in [-0.39, 0.29) is 11.4 Å². The molecule has 0 radical (unpaired) electrons. The van der Waals surface area contributed by atoms with Crippen LogP contribution < -0.4 is 14.9 Å². The molecule has 0 aliphatic heterocycles. The van der Waals surface area contributed by atoms with E-state index >= 15 is 0 Å². The van der Waals surface area contributed by atoms with E-state index in [9.17, 15) is 9.90 Å². The van der Waals surface area contributed by atoms with Crippen LogP contribution in [-0.4, -0.2) is 41.1 Å². The predicted octanol–water partition coefficient (Wildman–Crippen LogP) is 2.95. The number of phenols is 1. The van der Waals surface area contributed by atoms with Crippen molar-refractivity contribution in [2.45, 2.75) is 6.92 Å². The van der Waals surface area contributed by atoms with Crippen LogP contribution in [0, 0.1) is 0 Å². The fourth-order valence-electron chi connectivity index (χ4n) is 2.47. The lowest BCUT2D eigenvalue weighted by Crippen LogP contribution is -2.18. The van der Waals surface area contributed by atoms with E-state index in [0.29, 0.717) is 23.6 Å². The third-order valence-electron chi connectivity index (χ3n) is 3.87. The van der Waals surface area contributed by atoms with Crippen LogP contribution in [0.3, 0.4) is 0 Å². The van der Waals surface area contributed by atoms with Crippen LogP contribution in [-0.2, 0) is 0 Å². The molecule has 0 saturated carbocycles. The summed E-state index contributed by atoms with van der Waals surface area (Å²) in [6.45, 7) is 2.52. The molecule has 2 aromatic carbocycles. The zero-order valence-corrected chi connectivity index (χ0v) is 15.5. The average molecular weight is 380 g/mol. The molecule has 0 fully saturated rings. The Hall–Kier alpha value is -3.81. The molecule has 0 aliphatic rings. The van der Waals surface area contributed by atoms with Gasteiger partial charge in [-0.3, -0.25) is 9.89 Å². The van der Waals surface area contributed by atoms with E-state index in [4.69, 9.17) is 9.47 Å². The molecule has 3 rings (SSSR count). The van der Waals surface area contributed by atoms with Crippen molar-refractivity contribution in [1.82, 2.24) is 15.6 Å². The molecule has 3 N–H and O–H groups in total. The van der Waals surface area contributed by atoms with Crippen molar-refractivity contribution >= 4 is 12.1 Å². The van der Waals surface area contributed by atoms with Gasteiger partial charge in [0, 0.05) is 5.56 Å². The van der Waals surface area contributed by atoms with E-state index < -0.39 is 5.91 Å². The molecule has 1 amide bonds. The highest BCUT2D eigenvalue weighted by atomic mass is 16.5. The molecular weight excluding hydrogens is 360 g/mol. The van der Waals surface area contributed by atoms with Gasteiger partial charge in [0.25, 0.3) is 5.91 Å². The molecule has 0 spiro atoms. The molecule has 0 saturated heterocycles. The van der Waals surface area contributed by atoms with Crippen LogP contribution in [0.25, 0.3) is 11.3 Å². The van der Waals surface area contributed by atoms with Crippen molar-refractivity contribution in [2.24, 2.45) is 5.10 Å². The lowest BCUT2D eigenvalue weighted by Gasteiger charge is -2.03. The minimum Gasteiger partial charge on any atom is -0.504 e. The zero-order chi connectivity index (χ0) is 19.9. The Morgan fingerprint density at radius 2 is 2.04 bits per heavy atom. The summed E-state index contributed by atoms with van der Waals surface area (Å²) in [6, 6.07) is 13.8. The van der Waals surface area contributed by atoms with Gasteiger partial charge in [0.15, 0.2) is 11.5 Å². The van der Waals surface area contributed by atoms with Crippen LogP contribution >= 0.6 is 0 Å². The Kier molecular flexibility index (Phi) is 5.91. The number of hydrazone groups is 1. The largest absolute Gasteiger partial charge is 0.504 e. The molecule has 0 unspecified atom stereocenters. The second-order valence-electron chi connectivity index (χ2n) is 5.75. The lowest BCUT2D eigenvalue weighted by molar-refractivity contribution is 0.0950. The second kappa shape index (κ2) is 8.72. The first-order valence-corrected chi connectivity index (χ1v) is 8.59. The predicted molar refractivity (Wildman–Crippen MR) is 105 cm³/mol. The molecule has 1 heterocycles. The summed E-state index contributed by atoms with van der Waals surface area (Å²) >= 11 is 0. The number of carbonyl (C=O) groups excluding carboxylic acids is 1. The van der Waals surface area contributed by atoms with Crippen molar-refractivity contribution in [3.05, 3.63) is 59.8 Å². The molecule has 1 aromatic heterocycles. The van der Waals surface area contributed by atoms with Crippen LogP contribution in [0.4, 0.5) is 0 Å². The number of aromatic hydroxyl groups is 1. The quantitative estimate of drug-likeness (QED) is 0.431. The van der Waals surface area contributed by atoms with Gasteiger partial charge < -0.3 is 14.6 Å². The highest BCUT2D eigenvalue weighted by molar-refractivity contribution is 5.94. The number of hydrogen-bond donors (Lipinski definition) is 3. The highest BCUT2D eigenvalue weighted by Crippen LogP contribution is 2.25. The molecule has 144 valence electrons. The van der Waals surface area contributed by atoms with Gasteiger partial charge in [0.1, 0.15) is 11.4 Å². The summed E-state index contributed by atoms with van der Waals surface area (Å²) in [7, 11) is 1.46. The van der Waals surface area contributed by atoms with Crippen molar-refractivity contribution in [3.63, 3.8) is 0 Å². The van der Waals surface area contributed by atoms with Gasteiger partial charge in [-0.1, -0.05) is 0 Å². The number of nitrogens with zero attached hydrogens (tertiary/aromatic N) is 2. The van der Waals surface area contributed by atoms with E-state index in [1.54, 1.807) is 18.2 Å². The second-order valence-corrected chi connectivity index (χ2v) is 5.75. The number of nitrogens with one attached hydrogen (secondary N) is 2. The summed E-state index contributed by atoms with van der Waals surface area (Å²) in [4.78, 5) is 12.2. The van der Waals surface area contributed by atoms with Gasteiger partial charge in [0.2, 0.25) is 0 Å². The molecular formula is C20H20N4O4. The first-order valence-electron chi connectivity index (χ1n) is 8.59. The van der Waals surface area contributed by atoms with Crippen LogP contribution in [0.1, 0.15) is 23.0 Å². The number of benzene rings is 2. The molecule has 8 nitrogen and oxygen atoms in total. The van der Waals surface area contributed by atoms with Gasteiger partial charge in [0.05, 0.1) is 25.6 Å². The topological polar surface area (TPSA) is 109 Å². The van der Waals surface area contributed by atoms with Crippen molar-refractivity contribution < 1.29 is 19.4 Å². The van der Waals surface area contributed by atoms with E-state index in [1.807, 2.05) is 31.2 Å². The van der Waals surface area contributed by atoms with Crippen LogP contribution in [0.5, 0.6) is 17.2 Å². The van der Waals surface area contributed by atoms with Crippen molar-refractivity contribution in [3.8, 4) is 28.5 Å². The standard InChI is InChI=1S/C20H20N4O4/c1-3-28-15-7-5-14(6-8-15)16-11-17(23-22-16)20(26)24-21-12-13-4-9-18(25)19(10-13)27-2/h4-12,25H,3H2,1-2H3,(H,22,23)(H,24,26). The number of H-pyrrole nitrogens is 1. The van der Waals surface area contributed by atoms with Gasteiger partial charge in [-0.2, -0.15) is 10.2 Å². The van der Waals surface area contributed by atoms with E-state index in [0.717, 1.165) is 11.3 Å². The Morgan fingerprint density at radius 3 is 2.75 bits per heavy atom. The van der Waals surface area contributed by atoms with Gasteiger partial charge >= 0.3 is 0 Å². The van der Waals surface area contributed by atoms with Gasteiger partial charge in [-0.05, 0) is 61.0 Å². The summed E-state index contributed by atoms with van der Waals surface area (Å²) < 4.78 is 10.4. The minimum absolute atomic E-state index is 0.0305. The monoisotopic (exact) mass is 380 g/mol. The third-order valence-corrected chi connectivity index (χ3v) is 3.87. The summed E-state index contributed by atoms with van der Waals surface area (Å²) in [5.41, 5.74) is 4.87. The Balaban J connectivity index is 1.64. The van der Waals surface area contributed by atoms with Crippen molar-refractivity contribution in [1.29, 1.82) is 0 Å². The van der Waals surface area contributed by atoms with Crippen LogP contribution in [0.15, 0.2) is 53.6 Å². The molecule has 0 bridgehead atoms. The number of rotatable bonds is 7. The number of hydrogen-bond acceptors (Lipinski definition) is 6. The number of methoxy groups -OCH3 is 1. The molecule has 0 atom stereocenters. The zero-order valence-electron chi connectivity index (χ0n) is 15.5. The summed E-state index contributed by atoms with van der Waals surface area (Å²) in [6.07, 6.45) is 1.45. The summed E-state index contributed by atoms with van der Waals surface area (Å²) in [5, 5.41) is 20.3. The van der Waals surface area contributed by atoms with E-state index in [1.165, 1.54) is 19.4 Å². The smallest absolute Gasteiger partial charge is 0.289 e. The number of phenolic OH excluding ortho intramolecular Hbond substituents is 1. The van der Waals surface area contributed by atoms with Crippen molar-refractivity contribution in [2.75, 3.05) is 13.7 Å². The Labute approximate surface area is 161 Å². The fourth-order valence-corrected chi connectivity index (χ4v) is 2.47. The summed E-state index contributed by atoms with van der Waals surface area (Å²) in [5.74, 6) is 0.707. The Bertz CT molecular complexity index is 980. The number of amides is 1. The SMILES string of the molecule is CCOc1ccc(-c2cc(C(=O)NN=Cc3ccc(O)c(OC)c3)[nH]n2)cc1. The maximum Gasteiger partial charge on any atom is 0.289 e. The number of ether oxygens (including phenoxy) is 2. The van der Waals surface area contributed by atoms with E-state index in [2.05, 4.69) is 20.7 Å². The number of aromatic nitrogens is 2. The molecule has 8 heteroatoms. The van der Waals surface area contributed by atoms with Crippen LogP contribution in [0.2, 0.25) is 0 Å². The maximum atomic E-state index is 12.2. The number of carbonyl (C=O) groups is 1. The van der Waals surface area contributed by atoms with Gasteiger partial charge in [-0.25, -0.2) is 5.43 Å². The first kappa shape index (κ1) is 19.0. The normalized spacial score (nSPS) is 10.8. The molecule has 3 aromatic rings. The number of aromatic amines is 1. The lowest BCUT2D eigenvalue weighted by atomic mass is 10.1. The first-order chi connectivity index (χ1) is 13.6. The van der Waals surface area contributed by atoms with Gasteiger partial charge in [-0.15, -0.1) is 0 Å². The Morgan fingerprint density at radius 1 is 1.25 bits per heavy atom. The molecule has 0 aliphatic carbocycles. The minimum atomic E-state index is -0.424. The maximum absolute atomic E-state index is 12.2. The highest BCUT2D eigenvalue weighted by Gasteiger charge is 2.10. The average Bonchev–Trinajstić information content (AvgIpc) is 3.20. The third kappa shape index (κ3) is 4.47. The fraction of sp³-hybridized carbons (Fsp3) is 0.150.